The number of hydrogen-bond acceptors (Lipinski definition) is 4. The normalized spacial score (nSPS) is 19.2. The highest BCUT2D eigenvalue weighted by molar-refractivity contribution is 7.89. The molecule has 1 fully saturated rings. The van der Waals surface area contributed by atoms with Crippen LogP contribution < -0.4 is 4.72 Å². The van der Waals surface area contributed by atoms with Crippen LogP contribution in [0.1, 0.15) is 32.1 Å². The highest BCUT2D eigenvalue weighted by atomic mass is 32.2. The first-order valence-corrected chi connectivity index (χ1v) is 7.59. The Labute approximate surface area is 111 Å². The molecule has 0 radical (unpaired) electrons. The topological polar surface area (TPSA) is 101 Å². The monoisotopic (exact) mass is 287 g/mol. The van der Waals surface area contributed by atoms with E-state index in [4.69, 9.17) is 0 Å². The van der Waals surface area contributed by atoms with Crippen LogP contribution in [0.5, 0.6) is 0 Å². The number of carbonyl (C=O) groups is 1. The summed E-state index contributed by atoms with van der Waals surface area (Å²) < 4.78 is 28.2. The fourth-order valence-electron chi connectivity index (χ4n) is 2.35. The molecule has 2 rings (SSSR count). The second kappa shape index (κ2) is 4.93. The van der Waals surface area contributed by atoms with E-state index in [9.17, 15) is 18.3 Å². The van der Waals surface area contributed by atoms with Gasteiger partial charge in [-0.3, -0.25) is 4.79 Å². The number of aromatic nitrogens is 2. The fraction of sp³-hybridized carbons (Fsp3) is 0.636. The summed E-state index contributed by atoms with van der Waals surface area (Å²) >= 11 is 0. The quantitative estimate of drug-likeness (QED) is 0.839. The number of imidazole rings is 1. The van der Waals surface area contributed by atoms with Gasteiger partial charge in [-0.05, 0) is 12.8 Å². The average Bonchev–Trinajstić information content (AvgIpc) is 2.77. The molecule has 106 valence electrons. The molecule has 8 heteroatoms. The van der Waals surface area contributed by atoms with E-state index in [2.05, 4.69) is 9.71 Å². The summed E-state index contributed by atoms with van der Waals surface area (Å²) in [7, 11) is -2.25. The lowest BCUT2D eigenvalue weighted by atomic mass is 9.83. The van der Waals surface area contributed by atoms with E-state index < -0.39 is 21.5 Å². The van der Waals surface area contributed by atoms with Gasteiger partial charge in [0.05, 0.1) is 6.33 Å². The Morgan fingerprint density at radius 1 is 1.42 bits per heavy atom. The van der Waals surface area contributed by atoms with Crippen LogP contribution in [0.2, 0.25) is 0 Å². The number of aliphatic carboxylic acids is 1. The maximum atomic E-state index is 12.2. The molecule has 0 atom stereocenters. The molecule has 0 saturated heterocycles. The first kappa shape index (κ1) is 14.0. The van der Waals surface area contributed by atoms with Gasteiger partial charge in [-0.25, -0.2) is 13.4 Å². The van der Waals surface area contributed by atoms with Gasteiger partial charge in [0, 0.05) is 13.2 Å². The van der Waals surface area contributed by atoms with Crippen LogP contribution in [0.3, 0.4) is 0 Å². The zero-order valence-electron chi connectivity index (χ0n) is 10.7. The van der Waals surface area contributed by atoms with Gasteiger partial charge >= 0.3 is 5.97 Å². The third-order valence-corrected chi connectivity index (χ3v) is 4.82. The number of aryl methyl sites for hydroxylation is 1. The Bertz CT molecular complexity index is 573. The first-order valence-electron chi connectivity index (χ1n) is 6.11. The molecule has 2 N–H and O–H groups in total. The Kier molecular flexibility index (Phi) is 3.64. The molecule has 1 aromatic rings. The molecule has 1 aliphatic rings. The third-order valence-electron chi connectivity index (χ3n) is 3.40. The van der Waals surface area contributed by atoms with E-state index in [1.165, 1.54) is 17.1 Å². The van der Waals surface area contributed by atoms with E-state index in [-0.39, 0.29) is 5.03 Å². The van der Waals surface area contributed by atoms with Crippen LogP contribution in [-0.2, 0) is 21.9 Å². The van der Waals surface area contributed by atoms with E-state index >= 15 is 0 Å². The number of hydrogen-bond donors (Lipinski definition) is 2. The SMILES string of the molecule is Cn1cnc(S(=O)(=O)NC2(C(=O)O)CCCCC2)c1. The first-order chi connectivity index (χ1) is 8.86. The van der Waals surface area contributed by atoms with Gasteiger partial charge in [-0.2, -0.15) is 4.72 Å². The molecular formula is C11H17N3O4S. The highest BCUT2D eigenvalue weighted by Gasteiger charge is 2.43. The van der Waals surface area contributed by atoms with Crippen LogP contribution >= 0.6 is 0 Å². The zero-order valence-corrected chi connectivity index (χ0v) is 11.5. The maximum absolute atomic E-state index is 12.2. The Hall–Kier alpha value is -1.41. The Balaban J connectivity index is 2.29. The van der Waals surface area contributed by atoms with Crippen molar-refractivity contribution in [2.45, 2.75) is 42.7 Å². The summed E-state index contributed by atoms with van der Waals surface area (Å²) in [5.74, 6) is -1.12. The molecule has 0 unspecified atom stereocenters. The van der Waals surface area contributed by atoms with E-state index in [0.29, 0.717) is 25.7 Å². The molecule has 0 amide bonds. The van der Waals surface area contributed by atoms with Crippen LogP contribution in [0, 0.1) is 0 Å². The molecule has 19 heavy (non-hydrogen) atoms. The lowest BCUT2D eigenvalue weighted by Gasteiger charge is -2.33. The second-order valence-electron chi connectivity index (χ2n) is 4.93. The smallest absolute Gasteiger partial charge is 0.324 e. The molecule has 1 heterocycles. The molecule has 0 bridgehead atoms. The minimum Gasteiger partial charge on any atom is -0.480 e. The molecular weight excluding hydrogens is 270 g/mol. The summed E-state index contributed by atoms with van der Waals surface area (Å²) in [4.78, 5) is 15.2. The van der Waals surface area contributed by atoms with Gasteiger partial charge < -0.3 is 9.67 Å². The van der Waals surface area contributed by atoms with Crippen molar-refractivity contribution in [1.29, 1.82) is 0 Å². The van der Waals surface area contributed by atoms with Crippen LogP contribution in [0.15, 0.2) is 17.6 Å². The van der Waals surface area contributed by atoms with Crippen molar-refractivity contribution in [2.75, 3.05) is 0 Å². The maximum Gasteiger partial charge on any atom is 0.324 e. The van der Waals surface area contributed by atoms with Gasteiger partial charge in [0.2, 0.25) is 0 Å². The largest absolute Gasteiger partial charge is 0.480 e. The fourth-order valence-corrected chi connectivity index (χ4v) is 3.75. The summed E-state index contributed by atoms with van der Waals surface area (Å²) in [6.07, 6.45) is 5.68. The Morgan fingerprint density at radius 2 is 2.05 bits per heavy atom. The summed E-state index contributed by atoms with van der Waals surface area (Å²) in [5.41, 5.74) is -1.39. The highest BCUT2D eigenvalue weighted by Crippen LogP contribution is 2.30. The Morgan fingerprint density at radius 3 is 2.53 bits per heavy atom. The molecule has 0 aromatic carbocycles. The van der Waals surface area contributed by atoms with Crippen molar-refractivity contribution in [3.63, 3.8) is 0 Å². The minimum absolute atomic E-state index is 0.152. The van der Waals surface area contributed by atoms with Crippen molar-refractivity contribution < 1.29 is 18.3 Å². The molecule has 7 nitrogen and oxygen atoms in total. The number of nitrogens with zero attached hydrogens (tertiary/aromatic N) is 2. The number of rotatable bonds is 4. The number of sulfonamides is 1. The minimum atomic E-state index is -3.91. The van der Waals surface area contributed by atoms with Crippen molar-refractivity contribution in [2.24, 2.45) is 7.05 Å². The van der Waals surface area contributed by atoms with Crippen molar-refractivity contribution in [3.8, 4) is 0 Å². The van der Waals surface area contributed by atoms with Crippen LogP contribution in [0.4, 0.5) is 0 Å². The van der Waals surface area contributed by atoms with Crippen molar-refractivity contribution >= 4 is 16.0 Å². The van der Waals surface area contributed by atoms with Crippen LogP contribution in [0.25, 0.3) is 0 Å². The molecule has 1 aliphatic carbocycles. The van der Waals surface area contributed by atoms with Gasteiger partial charge in [0.1, 0.15) is 5.54 Å². The molecule has 0 spiro atoms. The summed E-state index contributed by atoms with van der Waals surface area (Å²) in [5, 5.41) is 9.20. The van der Waals surface area contributed by atoms with E-state index in [1.807, 2.05) is 0 Å². The van der Waals surface area contributed by atoms with Gasteiger partial charge in [-0.15, -0.1) is 0 Å². The summed E-state index contributed by atoms with van der Waals surface area (Å²) in [6.45, 7) is 0. The van der Waals surface area contributed by atoms with Gasteiger partial charge in [0.25, 0.3) is 10.0 Å². The van der Waals surface area contributed by atoms with Gasteiger partial charge in [0.15, 0.2) is 5.03 Å². The summed E-state index contributed by atoms with van der Waals surface area (Å²) in [6, 6.07) is 0. The third kappa shape index (κ3) is 2.79. The van der Waals surface area contributed by atoms with E-state index in [0.717, 1.165) is 6.42 Å². The predicted molar refractivity (Wildman–Crippen MR) is 67.0 cm³/mol. The van der Waals surface area contributed by atoms with Crippen molar-refractivity contribution in [1.82, 2.24) is 14.3 Å². The predicted octanol–water partition coefficient (Wildman–Crippen LogP) is 0.486. The van der Waals surface area contributed by atoms with Gasteiger partial charge in [-0.1, -0.05) is 19.3 Å². The number of nitrogens with one attached hydrogen (secondary N) is 1. The lowest BCUT2D eigenvalue weighted by Crippen LogP contribution is -2.55. The molecule has 1 aromatic heterocycles. The average molecular weight is 287 g/mol. The number of carboxylic acids is 1. The van der Waals surface area contributed by atoms with Crippen LogP contribution in [-0.4, -0.2) is 34.6 Å². The molecule has 1 saturated carbocycles. The zero-order chi connectivity index (χ0) is 14.1. The van der Waals surface area contributed by atoms with Crippen molar-refractivity contribution in [3.05, 3.63) is 12.5 Å². The standard InChI is InChI=1S/C11H17N3O4S/c1-14-7-9(12-8-14)19(17,18)13-11(10(15)16)5-3-2-4-6-11/h7-8,13H,2-6H2,1H3,(H,15,16). The number of carboxylic acid groups (broad SMARTS) is 1. The lowest BCUT2D eigenvalue weighted by molar-refractivity contribution is -0.145. The second-order valence-corrected chi connectivity index (χ2v) is 6.56. The van der Waals surface area contributed by atoms with E-state index in [1.54, 1.807) is 7.05 Å². The molecule has 0 aliphatic heterocycles.